The van der Waals surface area contributed by atoms with Crippen molar-refractivity contribution in [3.8, 4) is 0 Å². The molecule has 0 aromatic heterocycles. The highest BCUT2D eigenvalue weighted by atomic mass is 35.5. The van der Waals surface area contributed by atoms with Gasteiger partial charge >= 0.3 is 0 Å². The molecule has 0 radical (unpaired) electrons. The number of nitrogens with zero attached hydrogens (tertiary/aromatic N) is 1. The minimum Gasteiger partial charge on any atom is -0.325 e. The minimum atomic E-state index is -3.95. The SMILES string of the molecule is CN(CC(=O)Nc1cccc(F)c1)S(=O)(=O)c1cc(Cl)cc(Cl)c1. The summed E-state index contributed by atoms with van der Waals surface area (Å²) in [6.07, 6.45) is 0. The molecule has 0 bridgehead atoms. The van der Waals surface area contributed by atoms with E-state index in [4.69, 9.17) is 23.2 Å². The molecule has 9 heteroatoms. The van der Waals surface area contributed by atoms with Gasteiger partial charge in [0.25, 0.3) is 0 Å². The Labute approximate surface area is 149 Å². The number of hydrogen-bond acceptors (Lipinski definition) is 3. The first-order chi connectivity index (χ1) is 11.2. The molecule has 0 spiro atoms. The highest BCUT2D eigenvalue weighted by molar-refractivity contribution is 7.89. The predicted octanol–water partition coefficient (Wildman–Crippen LogP) is 3.39. The number of amides is 1. The highest BCUT2D eigenvalue weighted by Gasteiger charge is 2.24. The quantitative estimate of drug-likeness (QED) is 0.850. The van der Waals surface area contributed by atoms with E-state index in [0.29, 0.717) is 0 Å². The number of nitrogens with one attached hydrogen (secondary N) is 1. The van der Waals surface area contributed by atoms with Gasteiger partial charge in [-0.2, -0.15) is 4.31 Å². The van der Waals surface area contributed by atoms with Crippen LogP contribution in [-0.2, 0) is 14.8 Å². The molecule has 0 saturated heterocycles. The fourth-order valence-electron chi connectivity index (χ4n) is 1.91. The number of hydrogen-bond donors (Lipinski definition) is 1. The van der Waals surface area contributed by atoms with Crippen LogP contribution in [0.2, 0.25) is 10.0 Å². The molecular formula is C15H13Cl2FN2O3S. The molecule has 2 rings (SSSR count). The van der Waals surface area contributed by atoms with Crippen LogP contribution in [0.15, 0.2) is 47.4 Å². The van der Waals surface area contributed by atoms with Crippen molar-refractivity contribution in [3.05, 3.63) is 58.3 Å². The predicted molar refractivity (Wildman–Crippen MR) is 91.3 cm³/mol. The normalized spacial score (nSPS) is 11.5. The van der Waals surface area contributed by atoms with Crippen LogP contribution in [-0.4, -0.2) is 32.2 Å². The average Bonchev–Trinajstić information content (AvgIpc) is 2.45. The van der Waals surface area contributed by atoms with Crippen molar-refractivity contribution in [2.45, 2.75) is 4.90 Å². The van der Waals surface area contributed by atoms with Gasteiger partial charge in [0.05, 0.1) is 11.4 Å². The van der Waals surface area contributed by atoms with Gasteiger partial charge in [-0.3, -0.25) is 4.79 Å². The van der Waals surface area contributed by atoms with E-state index in [-0.39, 0.29) is 20.6 Å². The monoisotopic (exact) mass is 390 g/mol. The fourth-order valence-corrected chi connectivity index (χ4v) is 3.77. The van der Waals surface area contributed by atoms with Crippen LogP contribution >= 0.6 is 23.2 Å². The zero-order valence-electron chi connectivity index (χ0n) is 12.5. The number of carbonyl (C=O) groups excluding carboxylic acids is 1. The van der Waals surface area contributed by atoms with Crippen molar-refractivity contribution in [2.24, 2.45) is 0 Å². The van der Waals surface area contributed by atoms with Crippen LogP contribution in [0, 0.1) is 5.82 Å². The van der Waals surface area contributed by atoms with E-state index in [2.05, 4.69) is 5.32 Å². The molecular weight excluding hydrogens is 378 g/mol. The number of sulfonamides is 1. The maximum atomic E-state index is 13.1. The molecule has 0 fully saturated rings. The summed E-state index contributed by atoms with van der Waals surface area (Å²) in [5.41, 5.74) is 0.233. The summed E-state index contributed by atoms with van der Waals surface area (Å²) in [6, 6.07) is 9.16. The second-order valence-electron chi connectivity index (χ2n) is 4.92. The van der Waals surface area contributed by atoms with Crippen LogP contribution in [0.4, 0.5) is 10.1 Å². The fraction of sp³-hybridized carbons (Fsp3) is 0.133. The van der Waals surface area contributed by atoms with Crippen molar-refractivity contribution < 1.29 is 17.6 Å². The molecule has 0 saturated carbocycles. The van der Waals surface area contributed by atoms with Gasteiger partial charge in [0.15, 0.2) is 0 Å². The summed E-state index contributed by atoms with van der Waals surface area (Å²) in [4.78, 5) is 11.8. The Morgan fingerprint density at radius 3 is 2.38 bits per heavy atom. The van der Waals surface area contributed by atoms with Crippen LogP contribution in [0.3, 0.4) is 0 Å². The van der Waals surface area contributed by atoms with E-state index in [1.54, 1.807) is 0 Å². The van der Waals surface area contributed by atoms with Crippen molar-refractivity contribution in [1.82, 2.24) is 4.31 Å². The van der Waals surface area contributed by atoms with Gasteiger partial charge in [-0.25, -0.2) is 12.8 Å². The van der Waals surface area contributed by atoms with Crippen molar-refractivity contribution in [3.63, 3.8) is 0 Å². The molecule has 0 aliphatic carbocycles. The second kappa shape index (κ2) is 7.48. The molecule has 2 aromatic rings. The number of carbonyl (C=O) groups is 1. The lowest BCUT2D eigenvalue weighted by atomic mass is 10.3. The molecule has 0 unspecified atom stereocenters. The number of halogens is 3. The van der Waals surface area contributed by atoms with E-state index in [1.165, 1.54) is 43.4 Å². The van der Waals surface area contributed by atoms with Crippen LogP contribution in [0.5, 0.6) is 0 Å². The van der Waals surface area contributed by atoms with Gasteiger partial charge in [-0.05, 0) is 36.4 Å². The summed E-state index contributed by atoms with van der Waals surface area (Å²) in [5.74, 6) is -1.12. The first-order valence-electron chi connectivity index (χ1n) is 6.66. The van der Waals surface area contributed by atoms with Crippen molar-refractivity contribution in [1.29, 1.82) is 0 Å². The molecule has 5 nitrogen and oxygen atoms in total. The molecule has 24 heavy (non-hydrogen) atoms. The Hall–Kier alpha value is -1.67. The number of benzene rings is 2. The Morgan fingerprint density at radius 1 is 1.17 bits per heavy atom. The van der Waals surface area contributed by atoms with Gasteiger partial charge in [-0.1, -0.05) is 29.3 Å². The molecule has 1 N–H and O–H groups in total. The Kier molecular flexibility index (Phi) is 5.82. The largest absolute Gasteiger partial charge is 0.325 e. The van der Waals surface area contributed by atoms with E-state index in [9.17, 15) is 17.6 Å². The van der Waals surface area contributed by atoms with Gasteiger partial charge < -0.3 is 5.32 Å². The lowest BCUT2D eigenvalue weighted by Gasteiger charge is -2.17. The summed E-state index contributed by atoms with van der Waals surface area (Å²) >= 11 is 11.6. The summed E-state index contributed by atoms with van der Waals surface area (Å²) in [6.45, 7) is -0.455. The molecule has 128 valence electrons. The van der Waals surface area contributed by atoms with Crippen LogP contribution in [0.25, 0.3) is 0 Å². The summed E-state index contributed by atoms with van der Waals surface area (Å²) < 4.78 is 38.8. The third kappa shape index (κ3) is 4.67. The van der Waals surface area contributed by atoms with Crippen LogP contribution < -0.4 is 5.32 Å². The third-order valence-corrected chi connectivity index (χ3v) is 5.24. The molecule has 0 heterocycles. The minimum absolute atomic E-state index is 0.124. The Morgan fingerprint density at radius 2 is 1.79 bits per heavy atom. The maximum Gasteiger partial charge on any atom is 0.243 e. The van der Waals surface area contributed by atoms with Gasteiger partial charge in [0.1, 0.15) is 5.82 Å². The van der Waals surface area contributed by atoms with Crippen molar-refractivity contribution in [2.75, 3.05) is 18.9 Å². The molecule has 1 amide bonds. The van der Waals surface area contributed by atoms with E-state index in [1.807, 2.05) is 0 Å². The van der Waals surface area contributed by atoms with E-state index < -0.39 is 28.3 Å². The molecule has 0 atom stereocenters. The number of likely N-dealkylation sites (N-methyl/N-ethyl adjacent to an activating group) is 1. The molecule has 2 aromatic carbocycles. The lowest BCUT2D eigenvalue weighted by molar-refractivity contribution is -0.116. The smallest absolute Gasteiger partial charge is 0.243 e. The Bertz CT molecular complexity index is 855. The number of rotatable bonds is 5. The van der Waals surface area contributed by atoms with Crippen LogP contribution in [0.1, 0.15) is 0 Å². The first kappa shape index (κ1) is 18.7. The maximum absolute atomic E-state index is 13.1. The summed E-state index contributed by atoms with van der Waals surface area (Å²) in [7, 11) is -2.70. The molecule has 0 aliphatic heterocycles. The van der Waals surface area contributed by atoms with Gasteiger partial charge in [0.2, 0.25) is 15.9 Å². The standard InChI is InChI=1S/C15H13Cl2FN2O3S/c1-20(9-15(21)19-13-4-2-3-12(18)8-13)24(22,23)14-6-10(16)5-11(17)7-14/h2-8H,9H2,1H3,(H,19,21). The molecule has 0 aliphatic rings. The van der Waals surface area contributed by atoms with Crippen molar-refractivity contribution >= 4 is 44.8 Å². The topological polar surface area (TPSA) is 66.5 Å². The second-order valence-corrected chi connectivity index (χ2v) is 7.84. The third-order valence-electron chi connectivity index (χ3n) is 3.02. The zero-order valence-corrected chi connectivity index (χ0v) is 14.8. The van der Waals surface area contributed by atoms with E-state index in [0.717, 1.165) is 10.4 Å². The van der Waals surface area contributed by atoms with E-state index >= 15 is 0 Å². The summed E-state index contributed by atoms with van der Waals surface area (Å²) in [5, 5.41) is 2.75. The van der Waals surface area contributed by atoms with Gasteiger partial charge in [-0.15, -0.1) is 0 Å². The number of anilines is 1. The first-order valence-corrected chi connectivity index (χ1v) is 8.86. The Balaban J connectivity index is 2.12. The zero-order chi connectivity index (χ0) is 17.9. The van der Waals surface area contributed by atoms with Gasteiger partial charge in [0, 0.05) is 22.8 Å². The highest BCUT2D eigenvalue weighted by Crippen LogP contribution is 2.24. The average molecular weight is 391 g/mol. The lowest BCUT2D eigenvalue weighted by Crippen LogP contribution is -2.35.